The number of carbonyl (C=O) groups excluding carboxylic acids is 12. The van der Waals surface area contributed by atoms with Gasteiger partial charge < -0.3 is 65.2 Å². The highest BCUT2D eigenvalue weighted by Crippen LogP contribution is 2.38. The molecule has 29 heteroatoms. The number of nitrogens with one attached hydrogen (secondary N) is 3. The number of amides is 12. The number of fused-ring (bicyclic) bond motifs is 2. The predicted octanol–water partition coefficient (Wildman–Crippen LogP) is 4.36. The first kappa shape index (κ1) is 79.2. The van der Waals surface area contributed by atoms with Gasteiger partial charge in [0, 0.05) is 68.5 Å². The van der Waals surface area contributed by atoms with Crippen LogP contribution in [-0.2, 0) is 70.1 Å². The van der Waals surface area contributed by atoms with Gasteiger partial charge in [-0.1, -0.05) is 96.7 Å². The summed E-state index contributed by atoms with van der Waals surface area (Å²) in [5.74, 6) is -9.64. The quantitative estimate of drug-likeness (QED) is 0.254. The van der Waals surface area contributed by atoms with Gasteiger partial charge in [-0.05, 0) is 120 Å². The number of hydrogen-bond donors (Lipinski definition) is 4. The molecule has 12 amide bonds. The van der Waals surface area contributed by atoms with Crippen molar-refractivity contribution in [1.82, 2.24) is 60.0 Å². The summed E-state index contributed by atoms with van der Waals surface area (Å²) in [7, 11) is 8.26. The van der Waals surface area contributed by atoms with Crippen LogP contribution in [0.2, 0.25) is 5.02 Å². The van der Waals surface area contributed by atoms with E-state index in [2.05, 4.69) is 16.0 Å². The average molecular weight is 1420 g/mol. The van der Waals surface area contributed by atoms with Gasteiger partial charge in [-0.25, -0.2) is 0 Å². The van der Waals surface area contributed by atoms with Crippen LogP contribution in [0.3, 0.4) is 0 Å². The molecule has 0 aromatic heterocycles. The van der Waals surface area contributed by atoms with Gasteiger partial charge in [0.2, 0.25) is 70.9 Å². The van der Waals surface area contributed by atoms with Crippen molar-refractivity contribution >= 4 is 82.5 Å². The summed E-state index contributed by atoms with van der Waals surface area (Å²) in [5, 5.41) is 19.3. The highest BCUT2D eigenvalue weighted by atomic mass is 35.5. The van der Waals surface area contributed by atoms with Crippen LogP contribution in [0.4, 0.5) is 13.2 Å². The minimum atomic E-state index is -4.76. The molecule has 1 aromatic rings. The average Bonchev–Trinajstić information content (AvgIpc) is 1.59. The Bertz CT molecular complexity index is 3140. The Hall–Kier alpha value is -7.10. The first-order valence-corrected chi connectivity index (χ1v) is 35.9. The Kier molecular flexibility index (Phi) is 27.2. The number of hydrogen-bond acceptors (Lipinski definition) is 13. The van der Waals surface area contributed by atoms with Gasteiger partial charge in [0.25, 0.3) is 0 Å². The van der Waals surface area contributed by atoms with Crippen LogP contribution in [0, 0.1) is 17.8 Å². The lowest BCUT2D eigenvalue weighted by Crippen LogP contribution is -2.65. The number of likely N-dealkylation sites (N-methyl/N-ethyl adjacent to an activating group) is 6. The van der Waals surface area contributed by atoms with Crippen molar-refractivity contribution in [3.63, 3.8) is 0 Å². The van der Waals surface area contributed by atoms with Gasteiger partial charge in [-0.3, -0.25) is 57.5 Å². The number of aliphatic hydroxyl groups excluding tert-OH is 1. The van der Waals surface area contributed by atoms with E-state index in [1.54, 1.807) is 32.6 Å². The predicted molar refractivity (Wildman–Crippen MR) is 361 cm³/mol. The van der Waals surface area contributed by atoms with Crippen LogP contribution in [0.25, 0.3) is 0 Å². The molecule has 2 aliphatic carbocycles. The van der Waals surface area contributed by atoms with Gasteiger partial charge in [-0.2, -0.15) is 13.2 Å². The Morgan fingerprint density at radius 2 is 1.28 bits per heavy atom. The van der Waals surface area contributed by atoms with Gasteiger partial charge in [0.05, 0.1) is 29.7 Å². The van der Waals surface area contributed by atoms with E-state index < -0.39 is 178 Å². The lowest BCUT2D eigenvalue weighted by Gasteiger charge is -2.45. The molecule has 0 unspecified atom stereocenters. The second-order valence-electron chi connectivity index (χ2n) is 29.0. The number of aryl methyl sites for hydroxylation is 1. The van der Waals surface area contributed by atoms with Gasteiger partial charge in [0.1, 0.15) is 59.9 Å². The van der Waals surface area contributed by atoms with Crippen molar-refractivity contribution in [3.8, 4) is 0 Å². The van der Waals surface area contributed by atoms with Gasteiger partial charge in [0.15, 0.2) is 0 Å². The maximum Gasteiger partial charge on any atom is 0.417 e. The van der Waals surface area contributed by atoms with Crippen LogP contribution in [0.5, 0.6) is 0 Å². The number of likely N-dealkylation sites (tertiary alicyclic amines) is 1. The minimum absolute atomic E-state index is 0.00920. The standard InChI is InChI=1S/C70H106ClF3N12O13/c1-13-42(4)56-66(97)79(8)43(5)61(92)86-36-30-51(86)64(95)80(9)52(38-45-23-16-14-17-24-45)63(94)78(7)40-54(88)75-49(29-27-46-26-28-47(48(71)37-46)70(72,73)74)62(93)85-35-22-25-50(85)59(90)77-69(31-18-19-32-69)68(99)83(12)57(41(2)3)67(98)81(10)53(65(96)84-33-20-15-21-34-84)39-55(89)82(11)58(44(6)87)60(91)76-56/h26,28,37,41-45,49-53,56-58,87H,13-25,27,29-36,38-40H2,1-12H3,(H,75,88)(H,76,91)(H,77,90)/t42-,43-,44+,49-,50-,51-,52-,53-,56-,57-,58-/m0/s1. The summed E-state index contributed by atoms with van der Waals surface area (Å²) >= 11 is 6.15. The minimum Gasteiger partial charge on any atom is -0.391 e. The number of alkyl halides is 3. The van der Waals surface area contributed by atoms with Crippen LogP contribution in [0.1, 0.15) is 175 Å². The summed E-state index contributed by atoms with van der Waals surface area (Å²) in [6.07, 6.45) is 1.57. The molecule has 4 heterocycles. The number of halogens is 4. The number of rotatable bonds is 10. The van der Waals surface area contributed by atoms with Crippen LogP contribution in [-0.4, -0.2) is 261 Å². The Morgan fingerprint density at radius 3 is 1.86 bits per heavy atom. The zero-order valence-corrected chi connectivity index (χ0v) is 60.6. The summed E-state index contributed by atoms with van der Waals surface area (Å²) in [5.41, 5.74) is -2.39. The molecule has 4 aliphatic heterocycles. The number of carbonyl (C=O) groups is 12. The van der Waals surface area contributed by atoms with E-state index in [4.69, 9.17) is 11.6 Å². The number of benzene rings is 1. The summed E-state index contributed by atoms with van der Waals surface area (Å²) < 4.78 is 41.6. The number of nitrogens with zero attached hydrogens (tertiary/aromatic N) is 9. The van der Waals surface area contributed by atoms with E-state index in [1.807, 2.05) is 0 Å². The van der Waals surface area contributed by atoms with Crippen LogP contribution >= 0.6 is 11.6 Å². The lowest BCUT2D eigenvalue weighted by molar-refractivity contribution is -0.160. The normalized spacial score (nSPS) is 28.2. The molecule has 11 atom stereocenters. The lowest BCUT2D eigenvalue weighted by atomic mass is 9.84. The third kappa shape index (κ3) is 18.3. The van der Waals surface area contributed by atoms with E-state index in [0.717, 1.165) is 70.3 Å². The topological polar surface area (TPSA) is 290 Å². The van der Waals surface area contributed by atoms with E-state index >= 15 is 19.2 Å². The maximum atomic E-state index is 15.4. The number of piperidine rings is 1. The van der Waals surface area contributed by atoms with Crippen molar-refractivity contribution in [2.75, 3.05) is 75.0 Å². The molecule has 4 saturated heterocycles. The first-order chi connectivity index (χ1) is 46.6. The first-order valence-electron chi connectivity index (χ1n) is 35.5. The molecular weight excluding hydrogens is 1310 g/mol. The number of aliphatic hydroxyl groups is 1. The molecule has 25 nitrogen and oxygen atoms in total. The van der Waals surface area contributed by atoms with Gasteiger partial charge in [-0.15, -0.1) is 0 Å². The molecule has 552 valence electrons. The summed E-state index contributed by atoms with van der Waals surface area (Å²) in [6.45, 7) is 9.82. The zero-order valence-electron chi connectivity index (χ0n) is 59.8. The van der Waals surface area contributed by atoms with Crippen molar-refractivity contribution in [2.45, 2.75) is 242 Å². The Morgan fingerprint density at radius 1 is 0.657 bits per heavy atom. The van der Waals surface area contributed by atoms with E-state index in [-0.39, 0.29) is 64.0 Å². The van der Waals surface area contributed by atoms with Crippen molar-refractivity contribution < 1.29 is 75.8 Å². The monoisotopic (exact) mass is 1410 g/mol. The highest BCUT2D eigenvalue weighted by molar-refractivity contribution is 6.31. The fraction of sp³-hybridized carbons (Fsp3) is 0.743. The second kappa shape index (κ2) is 34.0. The zero-order chi connectivity index (χ0) is 73.3. The van der Waals surface area contributed by atoms with Crippen molar-refractivity contribution in [2.24, 2.45) is 17.8 Å². The van der Waals surface area contributed by atoms with E-state index in [1.165, 1.54) is 81.8 Å². The molecule has 1 spiro atoms. The van der Waals surface area contributed by atoms with E-state index in [0.29, 0.717) is 57.2 Å². The van der Waals surface area contributed by atoms with Crippen molar-refractivity contribution in [1.29, 1.82) is 0 Å². The fourth-order valence-corrected chi connectivity index (χ4v) is 15.6. The molecule has 6 fully saturated rings. The van der Waals surface area contributed by atoms with Crippen LogP contribution in [0.15, 0.2) is 18.2 Å². The Labute approximate surface area is 585 Å². The van der Waals surface area contributed by atoms with Crippen molar-refractivity contribution in [3.05, 3.63) is 34.3 Å². The van der Waals surface area contributed by atoms with Crippen LogP contribution < -0.4 is 16.0 Å². The highest BCUT2D eigenvalue weighted by Gasteiger charge is 2.52. The van der Waals surface area contributed by atoms with Gasteiger partial charge >= 0.3 is 6.18 Å². The summed E-state index contributed by atoms with van der Waals surface area (Å²) in [6, 6.07) is -8.69. The molecule has 99 heavy (non-hydrogen) atoms. The molecular formula is C70H106ClF3N12O13. The third-order valence-electron chi connectivity index (χ3n) is 21.8. The molecule has 4 N–H and O–H groups in total. The third-order valence-corrected chi connectivity index (χ3v) is 22.2. The summed E-state index contributed by atoms with van der Waals surface area (Å²) in [4.78, 5) is 190. The maximum absolute atomic E-state index is 15.4. The largest absolute Gasteiger partial charge is 0.417 e. The molecule has 0 bridgehead atoms. The molecule has 2 saturated carbocycles. The molecule has 0 radical (unpaired) electrons. The SMILES string of the molecule is CC[C@H](C)[C@@H]1NC(=O)[C@H]([C@@H](C)O)N(C)C(=O)C[C@@H](C(=O)N2CCCCC2)N(C)C(=O)[C@H](C(C)C)N(C)C(=O)C2(CCCC2)NC(=O)[C@@H]2CCCN2C(=O)[C@H](CCc2ccc(C(F)(F)F)c(Cl)c2)NC(=O)CN(C)C(=O)[C@H](CC2CCCCC2)N(C)C(=O)[C@@H]2CCN2C(=O)[C@H](C)N(C)C1=O. The second-order valence-corrected chi connectivity index (χ2v) is 29.4. The molecule has 7 rings (SSSR count). The van der Waals surface area contributed by atoms with E-state index in [9.17, 15) is 56.6 Å². The molecule has 6 aliphatic rings. The fourth-order valence-electron chi connectivity index (χ4n) is 15.3. The smallest absolute Gasteiger partial charge is 0.391 e. The Balaban J connectivity index is 1.28. The molecule has 1 aromatic carbocycles.